The summed E-state index contributed by atoms with van der Waals surface area (Å²) < 4.78 is 38.9. The first-order valence-electron chi connectivity index (χ1n) is 9.71. The van der Waals surface area contributed by atoms with E-state index in [4.69, 9.17) is 9.47 Å². The second-order valence-electron chi connectivity index (χ2n) is 7.12. The van der Waals surface area contributed by atoms with Crippen molar-refractivity contribution in [3.05, 3.63) is 40.1 Å². The van der Waals surface area contributed by atoms with E-state index >= 15 is 0 Å². The predicted molar refractivity (Wildman–Crippen MR) is 110 cm³/mol. The van der Waals surface area contributed by atoms with Gasteiger partial charge in [-0.2, -0.15) is 0 Å². The highest BCUT2D eigenvalue weighted by Crippen LogP contribution is 2.33. The Morgan fingerprint density at radius 1 is 1.24 bits per heavy atom. The molecule has 1 amide bonds. The summed E-state index contributed by atoms with van der Waals surface area (Å²) in [5, 5.41) is 2.05. The van der Waals surface area contributed by atoms with Crippen molar-refractivity contribution in [3.8, 4) is 11.5 Å². The molecule has 1 atom stereocenters. The van der Waals surface area contributed by atoms with Gasteiger partial charge in [0.15, 0.2) is 11.5 Å². The highest BCUT2D eigenvalue weighted by atomic mass is 32.2. The first kappa shape index (κ1) is 20.2. The molecule has 0 aliphatic carbocycles. The van der Waals surface area contributed by atoms with Crippen LogP contribution < -0.4 is 14.2 Å². The number of amides is 1. The zero-order valence-electron chi connectivity index (χ0n) is 16.2. The van der Waals surface area contributed by atoms with Gasteiger partial charge in [-0.25, -0.2) is 13.1 Å². The third-order valence-electron chi connectivity index (χ3n) is 5.26. The molecule has 7 nitrogen and oxygen atoms in total. The molecule has 9 heteroatoms. The van der Waals surface area contributed by atoms with Crippen LogP contribution in [0.4, 0.5) is 0 Å². The van der Waals surface area contributed by atoms with E-state index in [1.165, 1.54) is 22.6 Å². The lowest BCUT2D eigenvalue weighted by molar-refractivity contribution is -0.133. The van der Waals surface area contributed by atoms with Crippen molar-refractivity contribution < 1.29 is 22.7 Å². The summed E-state index contributed by atoms with van der Waals surface area (Å²) in [7, 11) is -3.74. The number of carbonyl (C=O) groups excluding carboxylic acids is 1. The van der Waals surface area contributed by atoms with Crippen molar-refractivity contribution >= 4 is 27.3 Å². The van der Waals surface area contributed by atoms with Gasteiger partial charge in [0.2, 0.25) is 15.9 Å². The Hall–Kier alpha value is -2.10. The molecule has 29 heavy (non-hydrogen) atoms. The number of ether oxygens (including phenoxy) is 2. The Kier molecular flexibility index (Phi) is 5.80. The normalized spacial score (nSPS) is 18.8. The van der Waals surface area contributed by atoms with Crippen LogP contribution in [0.2, 0.25) is 0 Å². The topological polar surface area (TPSA) is 84.9 Å². The smallest absolute Gasteiger partial charge is 0.240 e. The molecule has 2 aliphatic heterocycles. The molecule has 2 aliphatic rings. The second kappa shape index (κ2) is 8.33. The summed E-state index contributed by atoms with van der Waals surface area (Å²) in [6, 6.07) is 6.65. The summed E-state index contributed by atoms with van der Waals surface area (Å²) in [5.74, 6) is 0.925. The molecule has 1 aromatic heterocycles. The van der Waals surface area contributed by atoms with Crippen molar-refractivity contribution in [2.24, 2.45) is 0 Å². The Morgan fingerprint density at radius 2 is 2.03 bits per heavy atom. The van der Waals surface area contributed by atoms with Crippen LogP contribution in [0, 0.1) is 0 Å². The summed E-state index contributed by atoms with van der Waals surface area (Å²) in [4.78, 5) is 15.9. The molecule has 1 N–H and O–H groups in total. The Labute approximate surface area is 174 Å². The highest BCUT2D eigenvalue weighted by molar-refractivity contribution is 7.89. The van der Waals surface area contributed by atoms with Gasteiger partial charge in [0.05, 0.1) is 24.2 Å². The van der Waals surface area contributed by atoms with E-state index in [0.29, 0.717) is 31.3 Å². The number of thiophene rings is 1. The third kappa shape index (κ3) is 4.26. The number of sulfonamides is 1. The summed E-state index contributed by atoms with van der Waals surface area (Å²) in [6.45, 7) is 3.77. The minimum Gasteiger partial charge on any atom is -0.490 e. The Balaban J connectivity index is 1.36. The van der Waals surface area contributed by atoms with Gasteiger partial charge in [-0.3, -0.25) is 4.79 Å². The van der Waals surface area contributed by atoms with E-state index in [2.05, 4.69) is 16.2 Å². The van der Waals surface area contributed by atoms with E-state index < -0.39 is 10.0 Å². The molecular weight excluding hydrogens is 412 g/mol. The van der Waals surface area contributed by atoms with Crippen LogP contribution in [-0.2, 0) is 21.2 Å². The minimum atomic E-state index is -3.74. The van der Waals surface area contributed by atoms with Crippen LogP contribution in [0.3, 0.4) is 0 Å². The van der Waals surface area contributed by atoms with E-state index in [1.807, 2.05) is 11.8 Å². The van der Waals surface area contributed by atoms with Gasteiger partial charge < -0.3 is 14.4 Å². The van der Waals surface area contributed by atoms with E-state index in [0.717, 1.165) is 12.8 Å². The third-order valence-corrected chi connectivity index (χ3v) is 7.71. The number of benzene rings is 1. The molecule has 2 aromatic rings. The molecule has 1 unspecified atom stereocenters. The van der Waals surface area contributed by atoms with Crippen LogP contribution in [0.15, 0.2) is 34.5 Å². The Bertz CT molecular complexity index is 1000. The molecule has 4 rings (SSSR count). The number of rotatable bonds is 5. The number of carbonyl (C=O) groups is 1. The van der Waals surface area contributed by atoms with Gasteiger partial charge >= 0.3 is 0 Å². The average Bonchev–Trinajstić information content (AvgIpc) is 3.06. The molecule has 0 spiro atoms. The van der Waals surface area contributed by atoms with E-state index in [1.54, 1.807) is 17.4 Å². The van der Waals surface area contributed by atoms with E-state index in [9.17, 15) is 13.2 Å². The number of fused-ring (bicyclic) bond motifs is 2. The van der Waals surface area contributed by atoms with Crippen molar-refractivity contribution in [1.82, 2.24) is 9.62 Å². The molecule has 0 bridgehead atoms. The van der Waals surface area contributed by atoms with Crippen LogP contribution in [-0.4, -0.2) is 45.5 Å². The molecule has 1 aromatic carbocycles. The lowest BCUT2D eigenvalue weighted by Gasteiger charge is -2.33. The standard InChI is InChI=1S/C20H24N2O5S2/c1-14-16-7-12-28-19(16)6-9-22(14)20(23)5-8-21-29(24,25)15-3-4-17-18(13-15)27-11-2-10-26-17/h3-4,7,12-14,21H,2,5-6,8-11H2,1H3. The second-order valence-corrected chi connectivity index (χ2v) is 9.89. The van der Waals surface area contributed by atoms with Gasteiger partial charge in [-0.05, 0) is 42.5 Å². The fourth-order valence-electron chi connectivity index (χ4n) is 3.68. The average molecular weight is 437 g/mol. The first-order valence-corrected chi connectivity index (χ1v) is 12.1. The lowest BCUT2D eigenvalue weighted by atomic mass is 10.0. The minimum absolute atomic E-state index is 0.0239. The molecule has 0 radical (unpaired) electrons. The molecular formula is C20H24N2O5S2. The number of nitrogens with one attached hydrogen (secondary N) is 1. The van der Waals surface area contributed by atoms with Crippen LogP contribution in [0.1, 0.15) is 36.2 Å². The number of nitrogens with zero attached hydrogens (tertiary/aromatic N) is 1. The zero-order chi connectivity index (χ0) is 20.4. The van der Waals surface area contributed by atoms with Gasteiger partial charge in [-0.1, -0.05) is 0 Å². The van der Waals surface area contributed by atoms with Crippen molar-refractivity contribution in [1.29, 1.82) is 0 Å². The SMILES string of the molecule is CC1c2ccsc2CCN1C(=O)CCNS(=O)(=O)c1ccc2c(c1)OCCCO2. The zero-order valence-corrected chi connectivity index (χ0v) is 17.9. The van der Waals surface area contributed by atoms with Crippen molar-refractivity contribution in [2.75, 3.05) is 26.3 Å². The fourth-order valence-corrected chi connectivity index (χ4v) is 5.69. The van der Waals surface area contributed by atoms with Crippen LogP contribution >= 0.6 is 11.3 Å². The van der Waals surface area contributed by atoms with Crippen LogP contribution in [0.5, 0.6) is 11.5 Å². The molecule has 3 heterocycles. The van der Waals surface area contributed by atoms with Gasteiger partial charge in [-0.15, -0.1) is 11.3 Å². The molecule has 156 valence electrons. The maximum absolute atomic E-state index is 12.7. The number of hydrogen-bond acceptors (Lipinski definition) is 6. The van der Waals surface area contributed by atoms with Crippen molar-refractivity contribution in [2.45, 2.75) is 37.1 Å². The predicted octanol–water partition coefficient (Wildman–Crippen LogP) is 2.72. The fraction of sp³-hybridized carbons (Fsp3) is 0.450. The largest absolute Gasteiger partial charge is 0.490 e. The highest BCUT2D eigenvalue weighted by Gasteiger charge is 2.28. The van der Waals surface area contributed by atoms with Crippen LogP contribution in [0.25, 0.3) is 0 Å². The van der Waals surface area contributed by atoms with Gasteiger partial charge in [0.25, 0.3) is 0 Å². The Morgan fingerprint density at radius 3 is 2.86 bits per heavy atom. The van der Waals surface area contributed by atoms with Gasteiger partial charge in [0, 0.05) is 36.9 Å². The quantitative estimate of drug-likeness (QED) is 0.779. The first-order chi connectivity index (χ1) is 14.0. The van der Waals surface area contributed by atoms with Gasteiger partial charge in [0.1, 0.15) is 0 Å². The summed E-state index contributed by atoms with van der Waals surface area (Å²) >= 11 is 1.72. The lowest BCUT2D eigenvalue weighted by Crippen LogP contribution is -2.39. The molecule has 0 fully saturated rings. The molecule has 0 saturated carbocycles. The monoisotopic (exact) mass is 436 g/mol. The number of hydrogen-bond donors (Lipinski definition) is 1. The summed E-state index contributed by atoms with van der Waals surface area (Å²) in [5.41, 5.74) is 1.20. The van der Waals surface area contributed by atoms with Crippen molar-refractivity contribution in [3.63, 3.8) is 0 Å². The summed E-state index contributed by atoms with van der Waals surface area (Å²) in [6.07, 6.45) is 1.72. The maximum Gasteiger partial charge on any atom is 0.240 e. The maximum atomic E-state index is 12.7. The van der Waals surface area contributed by atoms with E-state index in [-0.39, 0.29) is 29.8 Å². The molecule has 0 saturated heterocycles.